The molecule has 0 fully saturated rings. The number of rotatable bonds is 1. The Hall–Kier alpha value is -2.33. The Bertz CT molecular complexity index is 846. The van der Waals surface area contributed by atoms with Gasteiger partial charge in [-0.15, -0.1) is 0 Å². The highest BCUT2D eigenvalue weighted by Gasteiger charge is 2.16. The van der Waals surface area contributed by atoms with E-state index in [9.17, 15) is 15.0 Å². The minimum absolute atomic E-state index is 0.119. The maximum atomic E-state index is 12.4. The van der Waals surface area contributed by atoms with E-state index in [1.54, 1.807) is 37.3 Å². The zero-order valence-corrected chi connectivity index (χ0v) is 10.3. The first-order valence-electron chi connectivity index (χ1n) is 5.91. The van der Waals surface area contributed by atoms with Crippen LogP contribution < -0.4 is 5.43 Å². The second-order valence-electron chi connectivity index (χ2n) is 4.48. The lowest BCUT2D eigenvalue weighted by molar-refractivity contribution is 0.275. The number of aromatic hydroxyl groups is 1. The molecule has 1 aromatic heterocycles. The van der Waals surface area contributed by atoms with Crippen LogP contribution >= 0.6 is 0 Å². The fourth-order valence-electron chi connectivity index (χ4n) is 2.31. The molecule has 1 heterocycles. The van der Waals surface area contributed by atoms with Gasteiger partial charge in [0, 0.05) is 5.56 Å². The van der Waals surface area contributed by atoms with Crippen LogP contribution in [-0.2, 0) is 6.61 Å². The Labute approximate surface area is 108 Å². The molecule has 0 saturated carbocycles. The van der Waals surface area contributed by atoms with Crippen molar-refractivity contribution in [3.8, 4) is 5.75 Å². The fourth-order valence-corrected chi connectivity index (χ4v) is 2.31. The summed E-state index contributed by atoms with van der Waals surface area (Å²) in [5, 5.41) is 20.0. The molecule has 0 aliphatic rings. The van der Waals surface area contributed by atoms with Gasteiger partial charge in [-0.3, -0.25) is 4.79 Å². The molecule has 0 unspecified atom stereocenters. The summed E-state index contributed by atoms with van der Waals surface area (Å²) in [7, 11) is 0. The molecule has 0 bridgehead atoms. The fraction of sp³-hybridized carbons (Fsp3) is 0.133. The van der Waals surface area contributed by atoms with E-state index in [1.807, 2.05) is 0 Å². The topological polar surface area (TPSA) is 70.7 Å². The van der Waals surface area contributed by atoms with Crippen LogP contribution in [0.15, 0.2) is 39.5 Å². The van der Waals surface area contributed by atoms with Crippen molar-refractivity contribution in [2.24, 2.45) is 0 Å². The maximum absolute atomic E-state index is 12.4. The van der Waals surface area contributed by atoms with Crippen LogP contribution in [0.1, 0.15) is 11.1 Å². The minimum atomic E-state index is -0.320. The van der Waals surface area contributed by atoms with Gasteiger partial charge in [0.25, 0.3) is 0 Å². The summed E-state index contributed by atoms with van der Waals surface area (Å²) in [5.74, 6) is -0.197. The first-order chi connectivity index (χ1) is 9.13. The lowest BCUT2D eigenvalue weighted by Gasteiger charge is -2.09. The summed E-state index contributed by atoms with van der Waals surface area (Å²) in [6.45, 7) is 1.43. The van der Waals surface area contributed by atoms with Gasteiger partial charge in [-0.1, -0.05) is 12.1 Å². The zero-order valence-electron chi connectivity index (χ0n) is 10.3. The smallest absolute Gasteiger partial charge is 0.204 e. The summed E-state index contributed by atoms with van der Waals surface area (Å²) >= 11 is 0. The number of hydrogen-bond acceptors (Lipinski definition) is 4. The maximum Gasteiger partial charge on any atom is 0.204 e. The highest BCUT2D eigenvalue weighted by atomic mass is 16.3. The van der Waals surface area contributed by atoms with Gasteiger partial charge in [0.15, 0.2) is 0 Å². The molecule has 0 aliphatic heterocycles. The molecule has 4 nitrogen and oxygen atoms in total. The van der Waals surface area contributed by atoms with Gasteiger partial charge in [-0.2, -0.15) is 0 Å². The summed E-state index contributed by atoms with van der Waals surface area (Å²) in [6.07, 6.45) is 0. The van der Waals surface area contributed by atoms with E-state index in [1.165, 1.54) is 0 Å². The molecule has 2 N–H and O–H groups in total. The monoisotopic (exact) mass is 256 g/mol. The average Bonchev–Trinajstić information content (AvgIpc) is 2.39. The Kier molecular flexibility index (Phi) is 2.54. The number of fused-ring (bicyclic) bond motifs is 2. The number of phenols is 1. The van der Waals surface area contributed by atoms with Crippen molar-refractivity contribution in [3.63, 3.8) is 0 Å². The first-order valence-corrected chi connectivity index (χ1v) is 5.91. The Morgan fingerprint density at radius 1 is 1.21 bits per heavy atom. The second-order valence-corrected chi connectivity index (χ2v) is 4.48. The van der Waals surface area contributed by atoms with E-state index in [0.29, 0.717) is 27.7 Å². The molecule has 0 aliphatic carbocycles. The number of aliphatic hydroxyl groups excluding tert-OH is 1. The molecule has 0 amide bonds. The quantitative estimate of drug-likeness (QED) is 0.656. The third-order valence-electron chi connectivity index (χ3n) is 3.33. The number of aryl methyl sites for hydroxylation is 1. The number of hydrogen-bond donors (Lipinski definition) is 2. The van der Waals surface area contributed by atoms with Crippen molar-refractivity contribution in [2.75, 3.05) is 0 Å². The van der Waals surface area contributed by atoms with Crippen LogP contribution in [0.5, 0.6) is 5.75 Å². The SMILES string of the molecule is Cc1cc2oc3ccccc3c(=O)c2c(O)c1CO. The molecular weight excluding hydrogens is 244 g/mol. The van der Waals surface area contributed by atoms with E-state index < -0.39 is 0 Å². The second kappa shape index (κ2) is 4.10. The lowest BCUT2D eigenvalue weighted by atomic mass is 10.0. The predicted molar refractivity (Wildman–Crippen MR) is 72.3 cm³/mol. The molecule has 19 heavy (non-hydrogen) atoms. The zero-order chi connectivity index (χ0) is 13.6. The molecule has 0 spiro atoms. The van der Waals surface area contributed by atoms with Crippen LogP contribution in [0, 0.1) is 6.92 Å². The Morgan fingerprint density at radius 2 is 1.95 bits per heavy atom. The highest BCUT2D eigenvalue weighted by Crippen LogP contribution is 2.31. The van der Waals surface area contributed by atoms with Crippen molar-refractivity contribution >= 4 is 21.9 Å². The lowest BCUT2D eigenvalue weighted by Crippen LogP contribution is -2.04. The first kappa shape index (κ1) is 11.7. The third kappa shape index (κ3) is 1.61. The van der Waals surface area contributed by atoms with Gasteiger partial charge in [0.1, 0.15) is 22.3 Å². The molecule has 4 heteroatoms. The summed E-state index contributed by atoms with van der Waals surface area (Å²) in [4.78, 5) is 12.4. The molecule has 3 rings (SSSR count). The average molecular weight is 256 g/mol. The number of benzene rings is 2. The molecular formula is C15H12O4. The van der Waals surface area contributed by atoms with Gasteiger partial charge < -0.3 is 14.6 Å². The van der Waals surface area contributed by atoms with Crippen molar-refractivity contribution in [3.05, 3.63) is 51.7 Å². The molecule has 96 valence electrons. The van der Waals surface area contributed by atoms with Crippen molar-refractivity contribution in [1.29, 1.82) is 0 Å². The standard InChI is InChI=1S/C15H12O4/c1-8-6-12-13(15(18)10(8)7-16)14(17)9-4-2-3-5-11(9)19-12/h2-6,16,18H,7H2,1H3. The van der Waals surface area contributed by atoms with E-state index >= 15 is 0 Å². The molecule has 0 saturated heterocycles. The minimum Gasteiger partial charge on any atom is -0.507 e. The van der Waals surface area contributed by atoms with Crippen LogP contribution in [-0.4, -0.2) is 10.2 Å². The Morgan fingerprint density at radius 3 is 2.68 bits per heavy atom. The molecule has 0 atom stereocenters. The largest absolute Gasteiger partial charge is 0.507 e. The van der Waals surface area contributed by atoms with Gasteiger partial charge in [0.05, 0.1) is 12.0 Å². The number of aliphatic hydroxyl groups is 1. The van der Waals surface area contributed by atoms with Gasteiger partial charge in [0.2, 0.25) is 5.43 Å². The van der Waals surface area contributed by atoms with Crippen LogP contribution in [0.3, 0.4) is 0 Å². The molecule has 0 radical (unpaired) electrons. The highest BCUT2D eigenvalue weighted by molar-refractivity contribution is 5.94. The van der Waals surface area contributed by atoms with Crippen LogP contribution in [0.2, 0.25) is 0 Å². The van der Waals surface area contributed by atoms with E-state index in [-0.39, 0.29) is 23.2 Å². The van der Waals surface area contributed by atoms with E-state index in [2.05, 4.69) is 0 Å². The van der Waals surface area contributed by atoms with Crippen molar-refractivity contribution < 1.29 is 14.6 Å². The Balaban J connectivity index is 2.60. The predicted octanol–water partition coefficient (Wildman–Crippen LogP) is 2.45. The van der Waals surface area contributed by atoms with Gasteiger partial charge in [-0.05, 0) is 30.7 Å². The molecule has 3 aromatic rings. The van der Waals surface area contributed by atoms with Crippen LogP contribution in [0.4, 0.5) is 0 Å². The summed E-state index contributed by atoms with van der Waals surface area (Å²) in [6, 6.07) is 8.55. The van der Waals surface area contributed by atoms with Crippen molar-refractivity contribution in [1.82, 2.24) is 0 Å². The van der Waals surface area contributed by atoms with Crippen LogP contribution in [0.25, 0.3) is 21.9 Å². The van der Waals surface area contributed by atoms with E-state index in [0.717, 1.165) is 0 Å². The summed E-state index contributed by atoms with van der Waals surface area (Å²) < 4.78 is 5.65. The van der Waals surface area contributed by atoms with Crippen molar-refractivity contribution in [2.45, 2.75) is 13.5 Å². The summed E-state index contributed by atoms with van der Waals surface area (Å²) in [5.41, 5.74) is 1.57. The van der Waals surface area contributed by atoms with Gasteiger partial charge in [-0.25, -0.2) is 0 Å². The normalized spacial score (nSPS) is 11.3. The molecule has 2 aromatic carbocycles. The number of para-hydroxylation sites is 1. The van der Waals surface area contributed by atoms with E-state index in [4.69, 9.17) is 4.42 Å². The third-order valence-corrected chi connectivity index (χ3v) is 3.33. The van der Waals surface area contributed by atoms with Gasteiger partial charge >= 0.3 is 0 Å².